The minimum Gasteiger partial charge on any atom is -0.348 e. The summed E-state index contributed by atoms with van der Waals surface area (Å²) in [5.74, 6) is 0.0868. The van der Waals surface area contributed by atoms with Gasteiger partial charge in [-0.15, -0.1) is 0 Å². The van der Waals surface area contributed by atoms with E-state index >= 15 is 0 Å². The highest BCUT2D eigenvalue weighted by Crippen LogP contribution is 2.34. The molecule has 1 aliphatic heterocycles. The van der Waals surface area contributed by atoms with E-state index in [-0.39, 0.29) is 11.9 Å². The van der Waals surface area contributed by atoms with E-state index in [0.717, 1.165) is 28.4 Å². The van der Waals surface area contributed by atoms with Crippen molar-refractivity contribution in [3.8, 4) is 0 Å². The summed E-state index contributed by atoms with van der Waals surface area (Å²) in [6.07, 6.45) is 2.11. The Hall–Kier alpha value is -3.33. The van der Waals surface area contributed by atoms with Gasteiger partial charge in [-0.05, 0) is 47.5 Å². The van der Waals surface area contributed by atoms with E-state index in [4.69, 9.17) is 0 Å². The Morgan fingerprint density at radius 1 is 0.857 bits per heavy atom. The van der Waals surface area contributed by atoms with E-state index in [1.165, 1.54) is 11.3 Å². The summed E-state index contributed by atoms with van der Waals surface area (Å²) >= 11 is 0. The highest BCUT2D eigenvalue weighted by molar-refractivity contribution is 5.99. The minimum absolute atomic E-state index is 0.0664. The molecule has 138 valence electrons. The summed E-state index contributed by atoms with van der Waals surface area (Å²) in [6, 6.07) is 26.8. The third-order valence-electron chi connectivity index (χ3n) is 5.69. The van der Waals surface area contributed by atoms with Crippen molar-refractivity contribution in [3.05, 3.63) is 107 Å². The lowest BCUT2D eigenvalue weighted by atomic mass is 9.97. The molecule has 5 rings (SSSR count). The lowest BCUT2D eigenvalue weighted by molar-refractivity contribution is 0.0664. The SMILES string of the molecule is Cc1ccc(C2c3cccn3CCN2C(=O)c2ccc3ccccc3c2)cc1. The van der Waals surface area contributed by atoms with Crippen molar-refractivity contribution < 1.29 is 4.79 Å². The quantitative estimate of drug-likeness (QED) is 0.479. The summed E-state index contributed by atoms with van der Waals surface area (Å²) < 4.78 is 2.26. The molecule has 1 aromatic heterocycles. The van der Waals surface area contributed by atoms with Crippen molar-refractivity contribution >= 4 is 16.7 Å². The standard InChI is InChI=1S/C25H22N2O/c1-18-8-10-20(11-9-18)24-23-7-4-14-26(23)15-16-27(24)25(28)22-13-12-19-5-2-3-6-21(19)17-22/h2-14,17,24H,15-16H2,1H3. The molecular weight excluding hydrogens is 344 g/mol. The largest absolute Gasteiger partial charge is 0.348 e. The molecule has 0 bridgehead atoms. The van der Waals surface area contributed by atoms with Gasteiger partial charge < -0.3 is 9.47 Å². The summed E-state index contributed by atoms with van der Waals surface area (Å²) in [7, 11) is 0. The van der Waals surface area contributed by atoms with E-state index < -0.39 is 0 Å². The van der Waals surface area contributed by atoms with Gasteiger partial charge >= 0.3 is 0 Å². The van der Waals surface area contributed by atoms with Crippen molar-refractivity contribution in [2.75, 3.05) is 6.54 Å². The molecule has 0 spiro atoms. The molecule has 0 aliphatic carbocycles. The lowest BCUT2D eigenvalue weighted by Crippen LogP contribution is -2.42. The zero-order chi connectivity index (χ0) is 19.1. The van der Waals surface area contributed by atoms with Crippen LogP contribution in [0, 0.1) is 6.92 Å². The average molecular weight is 366 g/mol. The first-order valence-corrected chi connectivity index (χ1v) is 9.72. The van der Waals surface area contributed by atoms with Gasteiger partial charge in [-0.3, -0.25) is 4.79 Å². The molecule has 2 heterocycles. The number of benzene rings is 3. The average Bonchev–Trinajstić information content (AvgIpc) is 3.22. The van der Waals surface area contributed by atoms with Gasteiger partial charge in [-0.1, -0.05) is 60.2 Å². The number of fused-ring (bicyclic) bond motifs is 2. The van der Waals surface area contributed by atoms with Crippen LogP contribution in [-0.4, -0.2) is 21.9 Å². The highest BCUT2D eigenvalue weighted by atomic mass is 16.2. The first kappa shape index (κ1) is 16.8. The first-order valence-electron chi connectivity index (χ1n) is 9.72. The number of carbonyl (C=O) groups excluding carboxylic acids is 1. The lowest BCUT2D eigenvalue weighted by Gasteiger charge is -2.37. The molecular formula is C25H22N2O. The van der Waals surface area contributed by atoms with Crippen LogP contribution >= 0.6 is 0 Å². The fourth-order valence-electron chi connectivity index (χ4n) is 4.19. The molecule has 0 N–H and O–H groups in total. The van der Waals surface area contributed by atoms with Crippen LogP contribution in [0.1, 0.15) is 33.2 Å². The Kier molecular flexibility index (Phi) is 4.01. The van der Waals surface area contributed by atoms with Crippen LogP contribution < -0.4 is 0 Å². The third kappa shape index (κ3) is 2.80. The van der Waals surface area contributed by atoms with Gasteiger partial charge in [0.05, 0.1) is 6.04 Å². The van der Waals surface area contributed by atoms with Crippen LogP contribution in [0.3, 0.4) is 0 Å². The Labute approximate surface area is 164 Å². The van der Waals surface area contributed by atoms with Crippen molar-refractivity contribution in [1.82, 2.24) is 9.47 Å². The van der Waals surface area contributed by atoms with Gasteiger partial charge in [0.25, 0.3) is 5.91 Å². The Morgan fingerprint density at radius 3 is 2.46 bits per heavy atom. The van der Waals surface area contributed by atoms with Crippen molar-refractivity contribution in [1.29, 1.82) is 0 Å². The van der Waals surface area contributed by atoms with Crippen LogP contribution in [0.5, 0.6) is 0 Å². The van der Waals surface area contributed by atoms with Gasteiger partial charge in [-0.2, -0.15) is 0 Å². The molecule has 3 aromatic carbocycles. The van der Waals surface area contributed by atoms with Crippen LogP contribution in [0.15, 0.2) is 85.1 Å². The molecule has 0 radical (unpaired) electrons. The van der Waals surface area contributed by atoms with E-state index in [1.54, 1.807) is 0 Å². The fraction of sp³-hybridized carbons (Fsp3) is 0.160. The monoisotopic (exact) mass is 366 g/mol. The summed E-state index contributed by atoms with van der Waals surface area (Å²) in [5, 5.41) is 2.25. The number of hydrogen-bond acceptors (Lipinski definition) is 1. The van der Waals surface area contributed by atoms with Gasteiger partial charge in [0, 0.05) is 30.5 Å². The molecule has 4 aromatic rings. The van der Waals surface area contributed by atoms with Crippen LogP contribution in [0.25, 0.3) is 10.8 Å². The van der Waals surface area contributed by atoms with Gasteiger partial charge in [-0.25, -0.2) is 0 Å². The molecule has 0 saturated carbocycles. The number of carbonyl (C=O) groups is 1. The number of rotatable bonds is 2. The predicted octanol–water partition coefficient (Wildman–Crippen LogP) is 5.20. The summed E-state index contributed by atoms with van der Waals surface area (Å²) in [5.41, 5.74) is 4.29. The van der Waals surface area contributed by atoms with Crippen molar-refractivity contribution in [2.24, 2.45) is 0 Å². The van der Waals surface area contributed by atoms with E-state index in [2.05, 4.69) is 66.2 Å². The predicted molar refractivity (Wildman–Crippen MR) is 112 cm³/mol. The second-order valence-electron chi connectivity index (χ2n) is 7.50. The first-order chi connectivity index (χ1) is 13.7. The molecule has 3 nitrogen and oxygen atoms in total. The van der Waals surface area contributed by atoms with Crippen molar-refractivity contribution in [2.45, 2.75) is 19.5 Å². The maximum Gasteiger partial charge on any atom is 0.254 e. The topological polar surface area (TPSA) is 25.2 Å². The van der Waals surface area contributed by atoms with Crippen LogP contribution in [0.4, 0.5) is 0 Å². The Morgan fingerprint density at radius 2 is 1.64 bits per heavy atom. The second-order valence-corrected chi connectivity index (χ2v) is 7.50. The van der Waals surface area contributed by atoms with Gasteiger partial charge in [0.15, 0.2) is 0 Å². The summed E-state index contributed by atoms with van der Waals surface area (Å²) in [4.78, 5) is 15.6. The van der Waals surface area contributed by atoms with E-state index in [1.807, 2.05) is 35.2 Å². The Balaban J connectivity index is 1.58. The molecule has 1 amide bonds. The number of nitrogens with zero attached hydrogens (tertiary/aromatic N) is 2. The minimum atomic E-state index is -0.0664. The fourth-order valence-corrected chi connectivity index (χ4v) is 4.19. The maximum absolute atomic E-state index is 13.5. The highest BCUT2D eigenvalue weighted by Gasteiger charge is 2.32. The number of aromatic nitrogens is 1. The maximum atomic E-state index is 13.5. The van der Waals surface area contributed by atoms with E-state index in [9.17, 15) is 4.79 Å². The molecule has 28 heavy (non-hydrogen) atoms. The van der Waals surface area contributed by atoms with Gasteiger partial charge in [0.1, 0.15) is 0 Å². The molecule has 1 aliphatic rings. The second kappa shape index (κ2) is 6.68. The summed E-state index contributed by atoms with van der Waals surface area (Å²) in [6.45, 7) is 3.61. The molecule has 0 saturated heterocycles. The number of aryl methyl sites for hydroxylation is 1. The molecule has 1 unspecified atom stereocenters. The number of amides is 1. The van der Waals surface area contributed by atoms with Crippen LogP contribution in [-0.2, 0) is 6.54 Å². The molecule has 0 fully saturated rings. The van der Waals surface area contributed by atoms with Gasteiger partial charge in [0.2, 0.25) is 0 Å². The molecule has 1 atom stereocenters. The van der Waals surface area contributed by atoms with E-state index in [0.29, 0.717) is 6.54 Å². The third-order valence-corrected chi connectivity index (χ3v) is 5.69. The Bertz CT molecular complexity index is 1160. The van der Waals surface area contributed by atoms with Crippen molar-refractivity contribution in [3.63, 3.8) is 0 Å². The number of hydrogen-bond donors (Lipinski definition) is 0. The van der Waals surface area contributed by atoms with Crippen LogP contribution in [0.2, 0.25) is 0 Å². The zero-order valence-electron chi connectivity index (χ0n) is 15.9. The smallest absolute Gasteiger partial charge is 0.254 e. The molecule has 3 heteroatoms. The zero-order valence-corrected chi connectivity index (χ0v) is 15.9. The normalized spacial score (nSPS) is 16.2.